The summed E-state index contributed by atoms with van der Waals surface area (Å²) in [5, 5.41) is 25.9. The number of nitrogens with one attached hydrogen (secondary N) is 2. The Morgan fingerprint density at radius 2 is 1.54 bits per heavy atom. The van der Waals surface area contributed by atoms with Gasteiger partial charge in [0.25, 0.3) is 5.91 Å². The van der Waals surface area contributed by atoms with Crippen LogP contribution in [0.5, 0.6) is 0 Å². The van der Waals surface area contributed by atoms with Crippen LogP contribution in [-0.4, -0.2) is 57.3 Å². The van der Waals surface area contributed by atoms with Gasteiger partial charge in [0.15, 0.2) is 0 Å². The third-order valence-electron chi connectivity index (χ3n) is 6.84. The highest BCUT2D eigenvalue weighted by molar-refractivity contribution is 6.05. The standard InChI is InChI=1S/C33H33N5O3/c1-23-11-12-24(22-38(17-19-39)18-20-40)21-30(23)35-32(41)26-13-15-27(16-14-26)34-33-36-29-10-6-5-9-28(29)31(37-33)25-7-3-2-4-8-25/h2-16,21,39-40H,17-20,22H2,1H3,(H,35,41)(H,34,36,37). The molecule has 0 aliphatic rings. The van der Waals surface area contributed by atoms with Crippen molar-refractivity contribution in [3.8, 4) is 11.3 Å². The average Bonchev–Trinajstić information content (AvgIpc) is 2.99. The maximum absolute atomic E-state index is 13.1. The number of hydrogen-bond acceptors (Lipinski definition) is 7. The smallest absolute Gasteiger partial charge is 0.255 e. The average molecular weight is 548 g/mol. The molecule has 4 N–H and O–H groups in total. The van der Waals surface area contributed by atoms with E-state index in [1.807, 2.05) is 96.8 Å². The number of rotatable bonds is 11. The van der Waals surface area contributed by atoms with Crippen molar-refractivity contribution in [2.75, 3.05) is 36.9 Å². The van der Waals surface area contributed by atoms with Gasteiger partial charge in [0, 0.05) is 47.5 Å². The minimum atomic E-state index is -0.215. The van der Waals surface area contributed by atoms with Gasteiger partial charge in [-0.1, -0.05) is 60.7 Å². The maximum atomic E-state index is 13.1. The molecule has 8 nitrogen and oxygen atoms in total. The maximum Gasteiger partial charge on any atom is 0.255 e. The van der Waals surface area contributed by atoms with Crippen LogP contribution in [0.3, 0.4) is 0 Å². The lowest BCUT2D eigenvalue weighted by molar-refractivity contribution is 0.102. The zero-order chi connectivity index (χ0) is 28.6. The second-order valence-electron chi connectivity index (χ2n) is 9.81. The number of carbonyl (C=O) groups excluding carboxylic acids is 1. The zero-order valence-electron chi connectivity index (χ0n) is 22.9. The minimum Gasteiger partial charge on any atom is -0.395 e. The lowest BCUT2D eigenvalue weighted by atomic mass is 10.1. The largest absolute Gasteiger partial charge is 0.395 e. The second kappa shape index (κ2) is 13.1. The number of amides is 1. The molecule has 0 fully saturated rings. The van der Waals surface area contributed by atoms with Gasteiger partial charge in [-0.2, -0.15) is 0 Å². The van der Waals surface area contributed by atoms with Crippen LogP contribution < -0.4 is 10.6 Å². The molecule has 0 aliphatic heterocycles. The van der Waals surface area contributed by atoms with Gasteiger partial charge in [-0.25, -0.2) is 9.97 Å². The number of benzene rings is 4. The van der Waals surface area contributed by atoms with Crippen molar-refractivity contribution in [1.29, 1.82) is 0 Å². The summed E-state index contributed by atoms with van der Waals surface area (Å²) in [6.45, 7) is 3.47. The fourth-order valence-electron chi connectivity index (χ4n) is 4.69. The van der Waals surface area contributed by atoms with Gasteiger partial charge in [-0.3, -0.25) is 9.69 Å². The van der Waals surface area contributed by atoms with Crippen molar-refractivity contribution in [2.45, 2.75) is 13.5 Å². The summed E-state index contributed by atoms with van der Waals surface area (Å²) in [5.41, 5.74) is 6.64. The molecular formula is C33H33N5O3. The molecular weight excluding hydrogens is 514 g/mol. The van der Waals surface area contributed by atoms with Crippen LogP contribution in [-0.2, 0) is 6.54 Å². The van der Waals surface area contributed by atoms with Gasteiger partial charge in [-0.05, 0) is 54.4 Å². The molecule has 1 amide bonds. The number of aromatic nitrogens is 2. The first-order valence-electron chi connectivity index (χ1n) is 13.6. The molecule has 0 saturated heterocycles. The number of hydrogen-bond donors (Lipinski definition) is 4. The minimum absolute atomic E-state index is 0.0154. The zero-order valence-corrected chi connectivity index (χ0v) is 22.9. The third kappa shape index (κ3) is 6.93. The van der Waals surface area contributed by atoms with Crippen molar-refractivity contribution < 1.29 is 15.0 Å². The number of fused-ring (bicyclic) bond motifs is 1. The Kier molecular flexibility index (Phi) is 8.95. The van der Waals surface area contributed by atoms with E-state index in [-0.39, 0.29) is 19.1 Å². The third-order valence-corrected chi connectivity index (χ3v) is 6.84. The molecule has 0 bridgehead atoms. The Balaban J connectivity index is 1.31. The lowest BCUT2D eigenvalue weighted by Crippen LogP contribution is -2.29. The van der Waals surface area contributed by atoms with Crippen LogP contribution in [0.1, 0.15) is 21.5 Å². The van der Waals surface area contributed by atoms with Gasteiger partial charge in [0.05, 0.1) is 24.4 Å². The van der Waals surface area contributed by atoms with Crippen molar-refractivity contribution in [3.05, 3.63) is 114 Å². The lowest BCUT2D eigenvalue weighted by Gasteiger charge is -2.21. The quantitative estimate of drug-likeness (QED) is 0.176. The van der Waals surface area contributed by atoms with Crippen molar-refractivity contribution in [3.63, 3.8) is 0 Å². The molecule has 0 radical (unpaired) electrons. The van der Waals surface area contributed by atoms with E-state index in [2.05, 4.69) is 10.6 Å². The van der Waals surface area contributed by atoms with Crippen LogP contribution in [0.2, 0.25) is 0 Å². The summed E-state index contributed by atoms with van der Waals surface area (Å²) >= 11 is 0. The number of anilines is 3. The van der Waals surface area contributed by atoms with Crippen LogP contribution >= 0.6 is 0 Å². The van der Waals surface area contributed by atoms with E-state index in [1.165, 1.54) is 0 Å². The van der Waals surface area contributed by atoms with E-state index in [0.29, 0.717) is 31.1 Å². The van der Waals surface area contributed by atoms with Crippen molar-refractivity contribution in [2.24, 2.45) is 0 Å². The molecule has 208 valence electrons. The first-order chi connectivity index (χ1) is 20.0. The topological polar surface area (TPSA) is 111 Å². The van der Waals surface area contributed by atoms with Gasteiger partial charge >= 0.3 is 0 Å². The fraction of sp³-hybridized carbons (Fsp3) is 0.182. The molecule has 41 heavy (non-hydrogen) atoms. The number of nitrogens with zero attached hydrogens (tertiary/aromatic N) is 3. The summed E-state index contributed by atoms with van der Waals surface area (Å²) in [7, 11) is 0. The highest BCUT2D eigenvalue weighted by atomic mass is 16.3. The number of carbonyl (C=O) groups is 1. The van der Waals surface area contributed by atoms with E-state index in [1.54, 1.807) is 12.1 Å². The number of para-hydroxylation sites is 1. The molecule has 1 aromatic heterocycles. The number of aliphatic hydroxyl groups is 2. The fourth-order valence-corrected chi connectivity index (χ4v) is 4.69. The number of aliphatic hydroxyl groups excluding tert-OH is 2. The Morgan fingerprint density at radius 1 is 0.829 bits per heavy atom. The van der Waals surface area contributed by atoms with E-state index in [0.717, 1.165) is 44.7 Å². The van der Waals surface area contributed by atoms with Gasteiger partial charge < -0.3 is 20.8 Å². The summed E-state index contributed by atoms with van der Waals surface area (Å²) in [6.07, 6.45) is 0. The molecule has 1 heterocycles. The second-order valence-corrected chi connectivity index (χ2v) is 9.81. The first-order valence-corrected chi connectivity index (χ1v) is 13.6. The molecule has 0 unspecified atom stereocenters. The monoisotopic (exact) mass is 547 g/mol. The first kappa shape index (κ1) is 27.9. The van der Waals surface area contributed by atoms with Gasteiger partial charge in [0.1, 0.15) is 0 Å². The van der Waals surface area contributed by atoms with E-state index < -0.39 is 0 Å². The Morgan fingerprint density at radius 3 is 2.27 bits per heavy atom. The molecule has 8 heteroatoms. The van der Waals surface area contributed by atoms with Crippen LogP contribution in [0, 0.1) is 6.92 Å². The Hall–Kier alpha value is -4.63. The van der Waals surface area contributed by atoms with Gasteiger partial charge in [0.2, 0.25) is 5.95 Å². The van der Waals surface area contributed by atoms with E-state index >= 15 is 0 Å². The van der Waals surface area contributed by atoms with Gasteiger partial charge in [-0.15, -0.1) is 0 Å². The SMILES string of the molecule is Cc1ccc(CN(CCO)CCO)cc1NC(=O)c1ccc(Nc2nc(-c3ccccc3)c3ccccc3n2)cc1. The number of aryl methyl sites for hydroxylation is 1. The van der Waals surface area contributed by atoms with Crippen LogP contribution in [0.4, 0.5) is 17.3 Å². The molecule has 0 atom stereocenters. The molecule has 5 aromatic rings. The van der Waals surface area contributed by atoms with Crippen LogP contribution in [0.15, 0.2) is 97.1 Å². The van der Waals surface area contributed by atoms with Crippen molar-refractivity contribution in [1.82, 2.24) is 14.9 Å². The highest BCUT2D eigenvalue weighted by Gasteiger charge is 2.13. The van der Waals surface area contributed by atoms with E-state index in [4.69, 9.17) is 9.97 Å². The molecule has 0 aliphatic carbocycles. The normalized spacial score (nSPS) is 11.1. The van der Waals surface area contributed by atoms with Crippen molar-refractivity contribution >= 4 is 34.1 Å². The predicted molar refractivity (Wildman–Crippen MR) is 163 cm³/mol. The van der Waals surface area contributed by atoms with E-state index in [9.17, 15) is 15.0 Å². The molecule has 4 aromatic carbocycles. The predicted octanol–water partition coefficient (Wildman–Crippen LogP) is 5.39. The summed E-state index contributed by atoms with van der Waals surface area (Å²) in [5.74, 6) is 0.260. The molecule has 0 spiro atoms. The summed E-state index contributed by atoms with van der Waals surface area (Å²) in [4.78, 5) is 24.6. The summed E-state index contributed by atoms with van der Waals surface area (Å²) < 4.78 is 0. The summed E-state index contributed by atoms with van der Waals surface area (Å²) in [6, 6.07) is 31.0. The van der Waals surface area contributed by atoms with Crippen LogP contribution in [0.25, 0.3) is 22.2 Å². The Bertz CT molecular complexity index is 1620. The molecule has 0 saturated carbocycles. The highest BCUT2D eigenvalue weighted by Crippen LogP contribution is 2.28. The Labute approximate surface area is 239 Å². The molecule has 5 rings (SSSR count).